The van der Waals surface area contributed by atoms with Crippen molar-refractivity contribution < 1.29 is 8.42 Å². The Labute approximate surface area is 94.7 Å². The predicted octanol–water partition coefficient (Wildman–Crippen LogP) is 1.05. The summed E-state index contributed by atoms with van der Waals surface area (Å²) in [6.07, 6.45) is 3.34. The second-order valence-corrected chi connectivity index (χ2v) is 5.44. The second-order valence-electron chi connectivity index (χ2n) is 3.13. The van der Waals surface area contributed by atoms with Crippen molar-refractivity contribution in [2.75, 3.05) is 11.6 Å². The van der Waals surface area contributed by atoms with Crippen LogP contribution in [0.25, 0.3) is 0 Å². The Morgan fingerprint density at radius 2 is 2.27 bits per heavy atom. The fourth-order valence-electron chi connectivity index (χ4n) is 1.06. The van der Waals surface area contributed by atoms with Crippen LogP contribution in [-0.4, -0.2) is 25.0 Å². The first-order chi connectivity index (χ1) is 7.05. The van der Waals surface area contributed by atoms with E-state index in [1.54, 1.807) is 18.5 Å². The topological polar surface area (TPSA) is 59.1 Å². The van der Waals surface area contributed by atoms with Gasteiger partial charge in [0.15, 0.2) is 0 Å². The summed E-state index contributed by atoms with van der Waals surface area (Å²) < 4.78 is 25.1. The largest absolute Gasteiger partial charge is 0.264 e. The number of halogens is 1. The van der Waals surface area contributed by atoms with E-state index in [4.69, 9.17) is 11.6 Å². The summed E-state index contributed by atoms with van der Waals surface area (Å²) in [6.45, 7) is 2.17. The lowest BCUT2D eigenvalue weighted by Crippen LogP contribution is -2.26. The smallest absolute Gasteiger partial charge is 0.213 e. The van der Waals surface area contributed by atoms with E-state index in [2.05, 4.69) is 9.71 Å². The molecule has 0 radical (unpaired) electrons. The molecule has 0 saturated carbocycles. The molecule has 0 unspecified atom stereocenters. The fraction of sp³-hybridized carbons (Fsp3) is 0.444. The number of aryl methyl sites for hydroxylation is 1. The number of alkyl halides is 1. The number of pyridine rings is 1. The highest BCUT2D eigenvalue weighted by atomic mass is 35.5. The van der Waals surface area contributed by atoms with Gasteiger partial charge in [-0.3, -0.25) is 4.98 Å². The summed E-state index contributed by atoms with van der Waals surface area (Å²) >= 11 is 5.37. The van der Waals surface area contributed by atoms with Crippen LogP contribution < -0.4 is 4.72 Å². The van der Waals surface area contributed by atoms with Crippen molar-refractivity contribution in [3.63, 3.8) is 0 Å². The average Bonchev–Trinajstić information content (AvgIpc) is 2.16. The lowest BCUT2D eigenvalue weighted by Gasteiger charge is -2.06. The van der Waals surface area contributed by atoms with Crippen LogP contribution in [0.1, 0.15) is 11.1 Å². The number of aromatic nitrogens is 1. The third-order valence-electron chi connectivity index (χ3n) is 1.96. The Bertz CT molecular complexity index is 420. The summed E-state index contributed by atoms with van der Waals surface area (Å²) in [5.74, 6) is 0.0450. The molecule has 15 heavy (non-hydrogen) atoms. The van der Waals surface area contributed by atoms with Gasteiger partial charge >= 0.3 is 0 Å². The standard InChI is InChI=1S/C9H13ClN2O2S/c1-8-6-11-4-2-9(8)7-12-15(13,14)5-3-10/h2,4,6,12H,3,5,7H2,1H3. The van der Waals surface area contributed by atoms with Crippen molar-refractivity contribution in [3.8, 4) is 0 Å². The molecular weight excluding hydrogens is 236 g/mol. The zero-order valence-electron chi connectivity index (χ0n) is 8.40. The van der Waals surface area contributed by atoms with E-state index >= 15 is 0 Å². The van der Waals surface area contributed by atoms with Crippen LogP contribution in [0.15, 0.2) is 18.5 Å². The average molecular weight is 249 g/mol. The minimum absolute atomic E-state index is 0.0569. The molecule has 1 heterocycles. The Morgan fingerprint density at radius 1 is 1.53 bits per heavy atom. The molecule has 0 aliphatic heterocycles. The van der Waals surface area contributed by atoms with Gasteiger partial charge in [-0.2, -0.15) is 0 Å². The minimum atomic E-state index is -3.25. The van der Waals surface area contributed by atoms with Crippen molar-refractivity contribution >= 4 is 21.6 Å². The van der Waals surface area contributed by atoms with E-state index in [9.17, 15) is 8.42 Å². The van der Waals surface area contributed by atoms with E-state index in [0.29, 0.717) is 0 Å². The van der Waals surface area contributed by atoms with Crippen LogP contribution in [0, 0.1) is 6.92 Å². The fourth-order valence-corrected chi connectivity index (χ4v) is 2.39. The molecule has 0 aliphatic rings. The SMILES string of the molecule is Cc1cnccc1CNS(=O)(=O)CCCl. The molecule has 0 saturated heterocycles. The van der Waals surface area contributed by atoms with E-state index in [0.717, 1.165) is 11.1 Å². The number of nitrogens with one attached hydrogen (secondary N) is 1. The van der Waals surface area contributed by atoms with Crippen LogP contribution in [0.5, 0.6) is 0 Å². The highest BCUT2D eigenvalue weighted by Gasteiger charge is 2.09. The Morgan fingerprint density at radius 3 is 2.87 bits per heavy atom. The Kier molecular flexibility index (Phi) is 4.50. The molecule has 0 amide bonds. The first kappa shape index (κ1) is 12.4. The van der Waals surface area contributed by atoms with Gasteiger partial charge < -0.3 is 0 Å². The van der Waals surface area contributed by atoms with Crippen molar-refractivity contribution in [2.24, 2.45) is 0 Å². The normalized spacial score (nSPS) is 11.6. The van der Waals surface area contributed by atoms with Gasteiger partial charge in [0.25, 0.3) is 0 Å². The van der Waals surface area contributed by atoms with Crippen LogP contribution in [0.4, 0.5) is 0 Å². The predicted molar refractivity (Wildman–Crippen MR) is 60.3 cm³/mol. The maximum absolute atomic E-state index is 11.3. The molecule has 1 rings (SSSR count). The zero-order chi connectivity index (χ0) is 11.3. The van der Waals surface area contributed by atoms with E-state index in [-0.39, 0.29) is 18.2 Å². The van der Waals surface area contributed by atoms with E-state index in [1.165, 1.54) is 0 Å². The van der Waals surface area contributed by atoms with E-state index < -0.39 is 10.0 Å². The highest BCUT2D eigenvalue weighted by molar-refractivity contribution is 7.89. The Balaban J connectivity index is 2.62. The monoisotopic (exact) mass is 248 g/mol. The highest BCUT2D eigenvalue weighted by Crippen LogP contribution is 2.04. The molecule has 1 aromatic heterocycles. The van der Waals surface area contributed by atoms with Gasteiger partial charge in [-0.25, -0.2) is 13.1 Å². The van der Waals surface area contributed by atoms with Gasteiger partial charge in [0, 0.05) is 24.8 Å². The third-order valence-corrected chi connectivity index (χ3v) is 3.70. The van der Waals surface area contributed by atoms with Crippen molar-refractivity contribution in [2.45, 2.75) is 13.5 Å². The molecule has 0 spiro atoms. The van der Waals surface area contributed by atoms with Crippen molar-refractivity contribution in [1.29, 1.82) is 0 Å². The molecule has 4 nitrogen and oxygen atoms in total. The minimum Gasteiger partial charge on any atom is -0.264 e. The molecule has 6 heteroatoms. The van der Waals surface area contributed by atoms with Gasteiger partial charge in [-0.05, 0) is 24.1 Å². The first-order valence-corrected chi connectivity index (χ1v) is 6.66. The molecule has 0 bridgehead atoms. The number of hydrogen-bond donors (Lipinski definition) is 1. The molecule has 0 atom stereocenters. The van der Waals surface area contributed by atoms with Gasteiger partial charge in [0.05, 0.1) is 5.75 Å². The first-order valence-electron chi connectivity index (χ1n) is 4.48. The molecular formula is C9H13ClN2O2S. The summed E-state index contributed by atoms with van der Waals surface area (Å²) in [4.78, 5) is 3.93. The van der Waals surface area contributed by atoms with Gasteiger partial charge in [0.2, 0.25) is 10.0 Å². The van der Waals surface area contributed by atoms with Gasteiger partial charge in [0.1, 0.15) is 0 Å². The summed E-state index contributed by atoms with van der Waals surface area (Å²) in [7, 11) is -3.25. The van der Waals surface area contributed by atoms with Crippen LogP contribution in [0.3, 0.4) is 0 Å². The molecule has 1 aromatic rings. The number of hydrogen-bond acceptors (Lipinski definition) is 3. The van der Waals surface area contributed by atoms with E-state index in [1.807, 2.05) is 6.92 Å². The molecule has 84 valence electrons. The summed E-state index contributed by atoms with van der Waals surface area (Å²) in [5, 5.41) is 0. The summed E-state index contributed by atoms with van der Waals surface area (Å²) in [6, 6.07) is 1.79. The van der Waals surface area contributed by atoms with Gasteiger partial charge in [-0.15, -0.1) is 11.6 Å². The Hall–Kier alpha value is -0.650. The maximum atomic E-state index is 11.3. The quantitative estimate of drug-likeness (QED) is 0.793. The zero-order valence-corrected chi connectivity index (χ0v) is 9.98. The molecule has 1 N–H and O–H groups in total. The van der Waals surface area contributed by atoms with Crippen LogP contribution >= 0.6 is 11.6 Å². The van der Waals surface area contributed by atoms with Gasteiger partial charge in [-0.1, -0.05) is 0 Å². The second kappa shape index (κ2) is 5.44. The summed E-state index contributed by atoms with van der Waals surface area (Å²) in [5.41, 5.74) is 1.88. The van der Waals surface area contributed by atoms with Crippen LogP contribution in [0.2, 0.25) is 0 Å². The molecule has 0 aliphatic carbocycles. The lowest BCUT2D eigenvalue weighted by atomic mass is 10.2. The number of nitrogens with zero attached hydrogens (tertiary/aromatic N) is 1. The van der Waals surface area contributed by atoms with Crippen LogP contribution in [-0.2, 0) is 16.6 Å². The van der Waals surface area contributed by atoms with Crippen molar-refractivity contribution in [1.82, 2.24) is 9.71 Å². The van der Waals surface area contributed by atoms with Crippen molar-refractivity contribution in [3.05, 3.63) is 29.6 Å². The molecule has 0 fully saturated rings. The third kappa shape index (κ3) is 4.15. The number of sulfonamides is 1. The maximum Gasteiger partial charge on any atom is 0.213 e. The molecule has 0 aromatic carbocycles. The lowest BCUT2D eigenvalue weighted by molar-refractivity contribution is 0.582. The number of rotatable bonds is 5.